The van der Waals surface area contributed by atoms with Crippen molar-refractivity contribution in [2.45, 2.75) is 38.3 Å². The number of nitrogens with one attached hydrogen (secondary N) is 1. The lowest BCUT2D eigenvalue weighted by Gasteiger charge is -2.27. The fraction of sp³-hybridized carbons (Fsp3) is 0.333. The maximum atomic E-state index is 12.7. The number of hydrogen-bond acceptors (Lipinski definition) is 3. The molecule has 27 heavy (non-hydrogen) atoms. The Morgan fingerprint density at radius 2 is 1.89 bits per heavy atom. The average Bonchev–Trinajstić information content (AvgIpc) is 3.08. The van der Waals surface area contributed by atoms with E-state index >= 15 is 0 Å². The van der Waals surface area contributed by atoms with Gasteiger partial charge in [-0.15, -0.1) is 12.4 Å². The molecule has 0 aromatic heterocycles. The van der Waals surface area contributed by atoms with Gasteiger partial charge in [-0.2, -0.15) is 0 Å². The van der Waals surface area contributed by atoms with Crippen molar-refractivity contribution >= 4 is 29.9 Å². The second kappa shape index (κ2) is 8.55. The van der Waals surface area contributed by atoms with E-state index in [2.05, 4.69) is 5.32 Å². The van der Waals surface area contributed by atoms with Crippen molar-refractivity contribution in [1.29, 1.82) is 0 Å². The van der Waals surface area contributed by atoms with Crippen molar-refractivity contribution in [2.24, 2.45) is 5.73 Å². The lowest BCUT2D eigenvalue weighted by molar-refractivity contribution is -0.126. The topological polar surface area (TPSA) is 75.4 Å². The Kier molecular flexibility index (Phi) is 6.63. The first-order valence-electron chi connectivity index (χ1n) is 8.95. The zero-order valence-electron chi connectivity index (χ0n) is 15.6. The van der Waals surface area contributed by atoms with Crippen molar-refractivity contribution in [3.8, 4) is 0 Å². The van der Waals surface area contributed by atoms with Crippen LogP contribution in [0.5, 0.6) is 0 Å². The number of rotatable bonds is 5. The number of anilines is 1. The van der Waals surface area contributed by atoms with Gasteiger partial charge in [0.2, 0.25) is 11.8 Å². The van der Waals surface area contributed by atoms with E-state index in [1.54, 1.807) is 11.8 Å². The third-order valence-electron chi connectivity index (χ3n) is 4.95. The van der Waals surface area contributed by atoms with E-state index in [1.165, 1.54) is 0 Å². The summed E-state index contributed by atoms with van der Waals surface area (Å²) >= 11 is 0. The van der Waals surface area contributed by atoms with Gasteiger partial charge in [0.15, 0.2) is 0 Å². The molecule has 2 unspecified atom stereocenters. The molecule has 2 aromatic carbocycles. The summed E-state index contributed by atoms with van der Waals surface area (Å²) in [4.78, 5) is 26.5. The zero-order chi connectivity index (χ0) is 18.7. The summed E-state index contributed by atoms with van der Waals surface area (Å²) in [6, 6.07) is 16.9. The Balaban J connectivity index is 0.00000261. The molecule has 1 fully saturated rings. The van der Waals surface area contributed by atoms with Crippen LogP contribution in [0.4, 0.5) is 5.69 Å². The molecule has 3 N–H and O–H groups in total. The van der Waals surface area contributed by atoms with Crippen molar-refractivity contribution < 1.29 is 9.59 Å². The van der Waals surface area contributed by atoms with Crippen molar-refractivity contribution in [1.82, 2.24) is 5.32 Å². The highest BCUT2D eigenvalue weighted by molar-refractivity contribution is 5.95. The van der Waals surface area contributed by atoms with Gasteiger partial charge in [0.25, 0.3) is 0 Å². The minimum absolute atomic E-state index is 0. The molecule has 1 heterocycles. The van der Waals surface area contributed by atoms with E-state index in [-0.39, 0.29) is 30.3 Å². The summed E-state index contributed by atoms with van der Waals surface area (Å²) < 4.78 is 0. The molecule has 2 atom stereocenters. The van der Waals surface area contributed by atoms with Gasteiger partial charge in [-0.05, 0) is 43.5 Å². The Bertz CT molecular complexity index is 808. The third-order valence-corrected chi connectivity index (χ3v) is 4.95. The van der Waals surface area contributed by atoms with Crippen molar-refractivity contribution in [3.05, 3.63) is 65.7 Å². The third kappa shape index (κ3) is 4.49. The molecule has 0 bridgehead atoms. The molecular weight excluding hydrogens is 362 g/mol. The molecule has 0 saturated carbocycles. The lowest BCUT2D eigenvalue weighted by Crippen LogP contribution is -2.49. The summed E-state index contributed by atoms with van der Waals surface area (Å²) in [6.07, 6.45) is 1.48. The van der Waals surface area contributed by atoms with Crippen LogP contribution in [-0.4, -0.2) is 18.4 Å². The number of halogens is 1. The quantitative estimate of drug-likeness (QED) is 0.826. The molecule has 0 aliphatic carbocycles. The van der Waals surface area contributed by atoms with E-state index in [9.17, 15) is 9.59 Å². The van der Waals surface area contributed by atoms with Crippen LogP contribution in [-0.2, 0) is 15.1 Å². The Morgan fingerprint density at radius 1 is 1.19 bits per heavy atom. The molecule has 2 aromatic rings. The van der Waals surface area contributed by atoms with Gasteiger partial charge in [0.05, 0.1) is 6.04 Å². The minimum Gasteiger partial charge on any atom is -0.348 e. The number of nitrogens with two attached hydrogens (primary N) is 1. The maximum Gasteiger partial charge on any atom is 0.244 e. The van der Waals surface area contributed by atoms with E-state index in [1.807, 2.05) is 61.5 Å². The standard InChI is InChI=1S/C21H25N3O2.ClH/c1-15(23-20(26)21(2,22)17-9-4-3-5-10-17)16-8-6-11-18(14-16)24-13-7-12-19(24)25;/h3-6,8-11,14-15H,7,12-13,22H2,1-2H3,(H,23,26);1H. The Hall–Kier alpha value is -2.37. The van der Waals surface area contributed by atoms with E-state index in [0.717, 1.165) is 29.8 Å². The molecule has 1 aliphatic rings. The van der Waals surface area contributed by atoms with Crippen LogP contribution >= 0.6 is 12.4 Å². The van der Waals surface area contributed by atoms with Crippen LogP contribution in [0.1, 0.15) is 43.9 Å². The Morgan fingerprint density at radius 3 is 2.52 bits per heavy atom. The van der Waals surface area contributed by atoms with Gasteiger partial charge in [-0.25, -0.2) is 0 Å². The molecule has 1 saturated heterocycles. The van der Waals surface area contributed by atoms with Crippen LogP contribution in [0.2, 0.25) is 0 Å². The summed E-state index contributed by atoms with van der Waals surface area (Å²) in [5.41, 5.74) is 7.77. The van der Waals surface area contributed by atoms with Crippen molar-refractivity contribution in [2.75, 3.05) is 11.4 Å². The maximum absolute atomic E-state index is 12.7. The summed E-state index contributed by atoms with van der Waals surface area (Å²) in [7, 11) is 0. The number of nitrogens with zero attached hydrogens (tertiary/aromatic N) is 1. The fourth-order valence-electron chi connectivity index (χ4n) is 3.23. The van der Waals surface area contributed by atoms with Crippen LogP contribution in [0.25, 0.3) is 0 Å². The first kappa shape index (κ1) is 20.9. The van der Waals surface area contributed by atoms with E-state index < -0.39 is 5.54 Å². The van der Waals surface area contributed by atoms with Gasteiger partial charge < -0.3 is 16.0 Å². The molecular formula is C21H26ClN3O2. The van der Waals surface area contributed by atoms with Gasteiger partial charge >= 0.3 is 0 Å². The largest absolute Gasteiger partial charge is 0.348 e. The van der Waals surface area contributed by atoms with Gasteiger partial charge in [-0.1, -0.05) is 42.5 Å². The molecule has 5 nitrogen and oxygen atoms in total. The monoisotopic (exact) mass is 387 g/mol. The lowest BCUT2D eigenvalue weighted by atomic mass is 9.91. The molecule has 3 rings (SSSR count). The van der Waals surface area contributed by atoms with Crippen LogP contribution in [0.3, 0.4) is 0 Å². The first-order valence-corrected chi connectivity index (χ1v) is 8.95. The summed E-state index contributed by atoms with van der Waals surface area (Å²) in [6.45, 7) is 4.38. The fourth-order valence-corrected chi connectivity index (χ4v) is 3.23. The number of hydrogen-bond donors (Lipinski definition) is 2. The molecule has 6 heteroatoms. The number of amides is 2. The number of benzene rings is 2. The van der Waals surface area contributed by atoms with Crippen LogP contribution in [0, 0.1) is 0 Å². The predicted octanol–water partition coefficient (Wildman–Crippen LogP) is 3.29. The van der Waals surface area contributed by atoms with Crippen molar-refractivity contribution in [3.63, 3.8) is 0 Å². The SMILES string of the molecule is CC(NC(=O)C(C)(N)c1ccccc1)c1cccc(N2CCCC2=O)c1.Cl. The minimum atomic E-state index is -1.11. The molecule has 144 valence electrons. The zero-order valence-corrected chi connectivity index (χ0v) is 16.5. The number of carbonyl (C=O) groups is 2. The average molecular weight is 388 g/mol. The van der Waals surface area contributed by atoms with Crippen LogP contribution in [0.15, 0.2) is 54.6 Å². The van der Waals surface area contributed by atoms with Gasteiger partial charge in [0.1, 0.15) is 5.54 Å². The normalized spacial score (nSPS) is 17.0. The Labute approximate surface area is 166 Å². The highest BCUT2D eigenvalue weighted by atomic mass is 35.5. The molecule has 0 spiro atoms. The van der Waals surface area contributed by atoms with Crippen LogP contribution < -0.4 is 16.0 Å². The summed E-state index contributed by atoms with van der Waals surface area (Å²) in [5, 5.41) is 3.00. The molecule has 1 aliphatic heterocycles. The smallest absolute Gasteiger partial charge is 0.244 e. The van der Waals surface area contributed by atoms with E-state index in [0.29, 0.717) is 6.42 Å². The van der Waals surface area contributed by atoms with E-state index in [4.69, 9.17) is 5.73 Å². The number of carbonyl (C=O) groups excluding carboxylic acids is 2. The van der Waals surface area contributed by atoms with Gasteiger partial charge in [-0.3, -0.25) is 9.59 Å². The van der Waals surface area contributed by atoms with Gasteiger partial charge in [0, 0.05) is 18.7 Å². The highest BCUT2D eigenvalue weighted by Gasteiger charge is 2.31. The molecule has 0 radical (unpaired) electrons. The summed E-state index contributed by atoms with van der Waals surface area (Å²) in [5.74, 6) is -0.0868. The first-order chi connectivity index (χ1) is 12.4. The second-order valence-corrected chi connectivity index (χ2v) is 7.01. The predicted molar refractivity (Wildman–Crippen MR) is 110 cm³/mol. The highest BCUT2D eigenvalue weighted by Crippen LogP contribution is 2.25. The molecule has 2 amide bonds. The second-order valence-electron chi connectivity index (χ2n) is 7.01.